The Labute approximate surface area is 128 Å². The summed E-state index contributed by atoms with van der Waals surface area (Å²) < 4.78 is 1.16. The second-order valence-electron chi connectivity index (χ2n) is 5.18. The molecule has 0 N–H and O–H groups in total. The van der Waals surface area contributed by atoms with Crippen LogP contribution >= 0.6 is 0 Å². The van der Waals surface area contributed by atoms with Gasteiger partial charge < -0.3 is 0 Å². The van der Waals surface area contributed by atoms with Crippen molar-refractivity contribution in [2.75, 3.05) is 0 Å². The Morgan fingerprint density at radius 2 is 1.91 bits per heavy atom. The molecule has 0 saturated heterocycles. The summed E-state index contributed by atoms with van der Waals surface area (Å²) in [5, 5.41) is 10.9. The molecule has 2 aromatic heterocycles. The number of aromatic nitrogens is 3. The molecule has 0 unspecified atom stereocenters. The van der Waals surface area contributed by atoms with Crippen LogP contribution in [0.2, 0.25) is 0 Å². The average molecular weight is 308 g/mol. The maximum Gasteiger partial charge on any atom is 0.285 e. The van der Waals surface area contributed by atoms with Crippen molar-refractivity contribution >= 4 is 22.5 Å². The second kappa shape index (κ2) is 4.29. The first-order chi connectivity index (χ1) is 11.0. The normalized spacial score (nSPS) is 12.3. The van der Waals surface area contributed by atoms with E-state index in [4.69, 9.17) is 0 Å². The third-order valence-electron chi connectivity index (χ3n) is 3.74. The second-order valence-corrected chi connectivity index (χ2v) is 5.18. The van der Waals surface area contributed by atoms with Gasteiger partial charge in [0, 0.05) is 17.8 Å². The number of ketones is 1. The third kappa shape index (κ3) is 1.71. The molecule has 3 heterocycles. The van der Waals surface area contributed by atoms with E-state index >= 15 is 0 Å². The Morgan fingerprint density at radius 1 is 1.13 bits per heavy atom. The van der Waals surface area contributed by atoms with Gasteiger partial charge in [0.1, 0.15) is 0 Å². The van der Waals surface area contributed by atoms with Crippen molar-refractivity contribution in [2.24, 2.45) is 0 Å². The van der Waals surface area contributed by atoms with E-state index in [1.54, 1.807) is 19.1 Å². The summed E-state index contributed by atoms with van der Waals surface area (Å²) in [6.45, 7) is 1.75. The summed E-state index contributed by atoms with van der Waals surface area (Å²) in [4.78, 5) is 43.8. The van der Waals surface area contributed by atoms with Gasteiger partial charge in [0.2, 0.25) is 5.78 Å². The first kappa shape index (κ1) is 13.3. The molecular weight excluding hydrogens is 300 g/mol. The van der Waals surface area contributed by atoms with Gasteiger partial charge in [0.15, 0.2) is 11.3 Å². The van der Waals surface area contributed by atoms with Gasteiger partial charge in [-0.2, -0.15) is 0 Å². The van der Waals surface area contributed by atoms with E-state index in [1.165, 1.54) is 12.1 Å². The smallest absolute Gasteiger partial charge is 0.285 e. The first-order valence-corrected chi connectivity index (χ1v) is 6.71. The highest BCUT2D eigenvalue weighted by Crippen LogP contribution is 2.29. The minimum Gasteiger partial charge on any atom is -0.285 e. The van der Waals surface area contributed by atoms with Crippen molar-refractivity contribution in [1.82, 2.24) is 14.5 Å². The Kier molecular flexibility index (Phi) is 2.47. The minimum atomic E-state index is -0.589. The average Bonchev–Trinajstić information content (AvgIpc) is 2.81. The van der Waals surface area contributed by atoms with Crippen molar-refractivity contribution < 1.29 is 9.72 Å². The van der Waals surface area contributed by atoms with Gasteiger partial charge >= 0.3 is 0 Å². The number of benzene rings is 1. The van der Waals surface area contributed by atoms with E-state index in [9.17, 15) is 19.7 Å². The quantitative estimate of drug-likeness (QED) is 0.390. The van der Waals surface area contributed by atoms with Crippen LogP contribution in [0.3, 0.4) is 0 Å². The number of aryl methyl sites for hydroxylation is 1. The zero-order chi connectivity index (χ0) is 16.3. The molecule has 0 bridgehead atoms. The number of nitro benzene ring substituents is 1. The molecule has 0 saturated carbocycles. The summed E-state index contributed by atoms with van der Waals surface area (Å²) in [5.41, 5.74) is 0.848. The number of carbonyl (C=O) groups excluding carboxylic acids is 1. The highest BCUT2D eigenvalue weighted by molar-refractivity contribution is 6.13. The van der Waals surface area contributed by atoms with Crippen molar-refractivity contribution in [3.05, 3.63) is 67.9 Å². The van der Waals surface area contributed by atoms with Crippen LogP contribution in [-0.4, -0.2) is 25.2 Å². The molecule has 1 aliphatic heterocycles. The molecule has 4 rings (SSSR count). The number of hydrogen-bond donors (Lipinski definition) is 0. The molecule has 1 aromatic carbocycles. The molecule has 0 radical (unpaired) electrons. The predicted octanol–water partition coefficient (Wildman–Crippen LogP) is 1.54. The number of carbonyl (C=O) groups is 1. The van der Waals surface area contributed by atoms with E-state index in [0.29, 0.717) is 16.9 Å². The molecule has 112 valence electrons. The van der Waals surface area contributed by atoms with Crippen LogP contribution < -0.4 is 5.56 Å². The largest absolute Gasteiger partial charge is 0.285 e. The summed E-state index contributed by atoms with van der Waals surface area (Å²) in [5.74, 6) is -0.563. The van der Waals surface area contributed by atoms with E-state index in [1.807, 2.05) is 0 Å². The highest BCUT2D eigenvalue weighted by atomic mass is 16.6. The van der Waals surface area contributed by atoms with E-state index < -0.39 is 16.3 Å². The standard InChI is InChI=1S/C15H8N4O4/c1-7-2-4-10-12(16-7)15(21)18-11-5-3-8(19(22)23)6-9(11)13(20)14(18)17-10/h2-6H,1H3. The number of nitrogens with zero attached hydrogens (tertiary/aromatic N) is 4. The van der Waals surface area contributed by atoms with Gasteiger partial charge in [-0.1, -0.05) is 0 Å². The fourth-order valence-electron chi connectivity index (χ4n) is 2.67. The Bertz CT molecular complexity index is 1100. The van der Waals surface area contributed by atoms with Crippen LogP contribution in [0.25, 0.3) is 16.7 Å². The van der Waals surface area contributed by atoms with Crippen LogP contribution in [0.15, 0.2) is 35.1 Å². The lowest BCUT2D eigenvalue weighted by Gasteiger charge is -2.05. The lowest BCUT2D eigenvalue weighted by atomic mass is 10.1. The molecular formula is C15H8N4O4. The van der Waals surface area contributed by atoms with Crippen LogP contribution in [0, 0.1) is 17.0 Å². The lowest BCUT2D eigenvalue weighted by molar-refractivity contribution is -0.384. The number of nitro groups is 1. The van der Waals surface area contributed by atoms with Gasteiger partial charge in [-0.3, -0.25) is 24.3 Å². The number of non-ortho nitro benzene ring substituents is 1. The van der Waals surface area contributed by atoms with Crippen LogP contribution in [-0.2, 0) is 0 Å². The molecule has 0 spiro atoms. The molecule has 3 aromatic rings. The van der Waals surface area contributed by atoms with Crippen LogP contribution in [0.5, 0.6) is 0 Å². The maximum atomic E-state index is 12.7. The fourth-order valence-corrected chi connectivity index (χ4v) is 2.67. The predicted molar refractivity (Wildman–Crippen MR) is 80.0 cm³/mol. The minimum absolute atomic E-state index is 0.0522. The Morgan fingerprint density at radius 3 is 2.65 bits per heavy atom. The maximum absolute atomic E-state index is 12.7. The molecule has 1 aliphatic rings. The molecule has 0 aliphatic carbocycles. The van der Waals surface area contributed by atoms with Crippen LogP contribution in [0.4, 0.5) is 5.69 Å². The third-order valence-corrected chi connectivity index (χ3v) is 3.74. The zero-order valence-electron chi connectivity index (χ0n) is 11.8. The summed E-state index contributed by atoms with van der Waals surface area (Å²) in [7, 11) is 0. The van der Waals surface area contributed by atoms with Crippen LogP contribution in [0.1, 0.15) is 21.9 Å². The van der Waals surface area contributed by atoms with Gasteiger partial charge in [0.25, 0.3) is 11.2 Å². The van der Waals surface area contributed by atoms with Gasteiger partial charge in [-0.15, -0.1) is 0 Å². The lowest BCUT2D eigenvalue weighted by Crippen LogP contribution is -2.22. The SMILES string of the molecule is Cc1ccc2nc3n(c(=O)c2n1)-c1ccc([N+](=O)[O-])cc1C3=O. The molecule has 0 amide bonds. The molecule has 8 heteroatoms. The number of rotatable bonds is 1. The van der Waals surface area contributed by atoms with Gasteiger partial charge in [-0.25, -0.2) is 9.97 Å². The summed E-state index contributed by atoms with van der Waals surface area (Å²) in [6, 6.07) is 7.12. The fraction of sp³-hybridized carbons (Fsp3) is 0.0667. The molecule has 8 nitrogen and oxygen atoms in total. The number of fused-ring (bicyclic) bond motifs is 4. The summed E-state index contributed by atoms with van der Waals surface area (Å²) >= 11 is 0. The van der Waals surface area contributed by atoms with Gasteiger partial charge in [0.05, 0.1) is 21.7 Å². The number of pyridine rings is 1. The highest BCUT2D eigenvalue weighted by Gasteiger charge is 2.32. The van der Waals surface area contributed by atoms with E-state index in [0.717, 1.165) is 10.6 Å². The zero-order valence-corrected chi connectivity index (χ0v) is 11.8. The Hall–Kier alpha value is -3.42. The van der Waals surface area contributed by atoms with Crippen molar-refractivity contribution in [2.45, 2.75) is 6.92 Å². The number of hydrogen-bond acceptors (Lipinski definition) is 6. The Balaban J connectivity index is 2.10. The summed E-state index contributed by atoms with van der Waals surface area (Å²) in [6.07, 6.45) is 0. The van der Waals surface area contributed by atoms with Crippen molar-refractivity contribution in [3.63, 3.8) is 0 Å². The molecule has 0 fully saturated rings. The molecule has 0 atom stereocenters. The van der Waals surface area contributed by atoms with E-state index in [-0.39, 0.29) is 22.6 Å². The van der Waals surface area contributed by atoms with E-state index in [2.05, 4.69) is 9.97 Å². The molecule has 23 heavy (non-hydrogen) atoms. The van der Waals surface area contributed by atoms with Gasteiger partial charge in [-0.05, 0) is 25.1 Å². The van der Waals surface area contributed by atoms with Crippen molar-refractivity contribution in [3.8, 4) is 5.69 Å². The monoisotopic (exact) mass is 308 g/mol. The van der Waals surface area contributed by atoms with Crippen molar-refractivity contribution in [1.29, 1.82) is 0 Å². The first-order valence-electron chi connectivity index (χ1n) is 6.71. The topological polar surface area (TPSA) is 108 Å².